The van der Waals surface area contributed by atoms with Gasteiger partial charge in [-0.1, -0.05) is 6.92 Å². The van der Waals surface area contributed by atoms with Gasteiger partial charge in [-0.05, 0) is 61.8 Å². The third kappa shape index (κ3) is 3.23. The van der Waals surface area contributed by atoms with E-state index >= 15 is 0 Å². The van der Waals surface area contributed by atoms with Gasteiger partial charge in [-0.25, -0.2) is 9.97 Å². The first kappa shape index (κ1) is 15.2. The normalized spacial score (nSPS) is 14.5. The molecule has 2 aromatic heterocycles. The van der Waals surface area contributed by atoms with Crippen LogP contribution < -0.4 is 5.32 Å². The smallest absolute Gasteiger partial charge is 0.162 e. The van der Waals surface area contributed by atoms with E-state index in [9.17, 15) is 0 Å². The molecule has 0 atom stereocenters. The van der Waals surface area contributed by atoms with Crippen LogP contribution in [0, 0.1) is 17.4 Å². The molecular weight excluding hydrogens is 393 g/mol. The second-order valence-electron chi connectivity index (χ2n) is 5.62. The number of aromatic nitrogens is 2. The molecule has 0 bridgehead atoms. The zero-order chi connectivity index (χ0) is 15.0. The summed E-state index contributed by atoms with van der Waals surface area (Å²) in [4.78, 5) is 12.3. The van der Waals surface area contributed by atoms with Crippen LogP contribution in [0.5, 0.6) is 0 Å². The summed E-state index contributed by atoms with van der Waals surface area (Å²) in [6.07, 6.45) is 3.63. The molecule has 2 aromatic rings. The summed E-state index contributed by atoms with van der Waals surface area (Å²) in [5.74, 6) is 2.53. The van der Waals surface area contributed by atoms with Crippen molar-refractivity contribution in [3.63, 3.8) is 0 Å². The number of halogens is 1. The first-order chi connectivity index (χ1) is 10.1. The summed E-state index contributed by atoms with van der Waals surface area (Å²) in [5, 5.41) is 3.47. The van der Waals surface area contributed by atoms with Crippen LogP contribution in [0.4, 0.5) is 5.82 Å². The summed E-state index contributed by atoms with van der Waals surface area (Å²) in [6.45, 7) is 7.44. The Morgan fingerprint density at radius 1 is 1.33 bits per heavy atom. The first-order valence-corrected chi connectivity index (χ1v) is 9.38. The maximum Gasteiger partial charge on any atom is 0.162 e. The van der Waals surface area contributed by atoms with Gasteiger partial charge in [0.05, 0.1) is 9.26 Å². The van der Waals surface area contributed by atoms with Crippen LogP contribution in [0.3, 0.4) is 0 Å². The summed E-state index contributed by atoms with van der Waals surface area (Å²) >= 11 is 4.22. The van der Waals surface area contributed by atoms with E-state index in [0.29, 0.717) is 5.92 Å². The third-order valence-corrected chi connectivity index (χ3v) is 5.69. The second-order valence-corrected chi connectivity index (χ2v) is 8.16. The topological polar surface area (TPSA) is 37.8 Å². The van der Waals surface area contributed by atoms with E-state index in [2.05, 4.69) is 54.7 Å². The molecule has 1 N–H and O–H groups in total. The Kier molecular flexibility index (Phi) is 4.49. The summed E-state index contributed by atoms with van der Waals surface area (Å²) < 4.78 is 1.21. The number of hydrogen-bond donors (Lipinski definition) is 1. The van der Waals surface area contributed by atoms with Crippen LogP contribution in [0.2, 0.25) is 0 Å². The molecule has 0 aliphatic heterocycles. The Morgan fingerprint density at radius 3 is 2.67 bits per heavy atom. The van der Waals surface area contributed by atoms with Gasteiger partial charge in [0.1, 0.15) is 5.82 Å². The summed E-state index contributed by atoms with van der Waals surface area (Å²) in [6, 6.07) is 2.21. The zero-order valence-electron chi connectivity index (χ0n) is 12.7. The summed E-state index contributed by atoms with van der Waals surface area (Å²) in [5.41, 5.74) is 2.43. The van der Waals surface area contributed by atoms with Gasteiger partial charge < -0.3 is 5.32 Å². The number of nitrogens with one attached hydrogen (secondary N) is 1. The van der Waals surface area contributed by atoms with Gasteiger partial charge in [0.25, 0.3) is 0 Å². The van der Waals surface area contributed by atoms with E-state index in [-0.39, 0.29) is 0 Å². The lowest BCUT2D eigenvalue weighted by molar-refractivity contribution is 0.938. The Bertz CT molecular complexity index is 662. The van der Waals surface area contributed by atoms with Crippen molar-refractivity contribution >= 4 is 39.7 Å². The molecule has 1 saturated carbocycles. The summed E-state index contributed by atoms with van der Waals surface area (Å²) in [7, 11) is 0. The van der Waals surface area contributed by atoms with E-state index in [1.54, 1.807) is 0 Å². The van der Waals surface area contributed by atoms with Gasteiger partial charge in [0, 0.05) is 27.8 Å². The van der Waals surface area contributed by atoms with E-state index in [4.69, 9.17) is 9.97 Å². The van der Waals surface area contributed by atoms with Crippen molar-refractivity contribution in [2.75, 3.05) is 11.9 Å². The SMILES string of the molecule is CCCNc1nc(-c2cc(C)sc2C)nc(C2CC2)c1I. The highest BCUT2D eigenvalue weighted by Crippen LogP contribution is 2.43. The minimum atomic E-state index is 0.640. The van der Waals surface area contributed by atoms with Gasteiger partial charge in [-0.15, -0.1) is 11.3 Å². The fourth-order valence-corrected chi connectivity index (χ4v) is 4.22. The van der Waals surface area contributed by atoms with E-state index in [1.807, 2.05) is 11.3 Å². The van der Waals surface area contributed by atoms with Crippen LogP contribution in [0.25, 0.3) is 11.4 Å². The highest BCUT2D eigenvalue weighted by Gasteiger charge is 2.29. The molecule has 0 saturated heterocycles. The molecule has 0 amide bonds. The van der Waals surface area contributed by atoms with E-state index in [1.165, 1.54) is 37.4 Å². The number of nitrogens with zero attached hydrogens (tertiary/aromatic N) is 2. The standard InChI is InChI=1S/C16H20IN3S/c1-4-7-18-16-13(17)14(11-5-6-11)19-15(20-16)12-8-9(2)21-10(12)3/h8,11H,4-7H2,1-3H3,(H,18,19,20). The lowest BCUT2D eigenvalue weighted by Crippen LogP contribution is -2.08. The molecule has 0 aromatic carbocycles. The molecule has 0 radical (unpaired) electrons. The third-order valence-electron chi connectivity index (χ3n) is 3.67. The van der Waals surface area contributed by atoms with Crippen LogP contribution >= 0.6 is 33.9 Å². The van der Waals surface area contributed by atoms with Gasteiger partial charge in [-0.3, -0.25) is 0 Å². The van der Waals surface area contributed by atoms with E-state index < -0.39 is 0 Å². The van der Waals surface area contributed by atoms with Crippen molar-refractivity contribution < 1.29 is 0 Å². The predicted molar refractivity (Wildman–Crippen MR) is 98.3 cm³/mol. The molecule has 112 valence electrons. The lowest BCUT2D eigenvalue weighted by Gasteiger charge is -2.12. The van der Waals surface area contributed by atoms with Crippen LogP contribution in [-0.4, -0.2) is 16.5 Å². The Balaban J connectivity index is 2.07. The number of aryl methyl sites for hydroxylation is 2. The molecule has 5 heteroatoms. The fourth-order valence-electron chi connectivity index (χ4n) is 2.43. The predicted octanol–water partition coefficient (Wildman–Crippen LogP) is 5.13. The molecule has 1 aliphatic carbocycles. The average Bonchev–Trinajstić information content (AvgIpc) is 3.23. The lowest BCUT2D eigenvalue weighted by atomic mass is 10.2. The minimum Gasteiger partial charge on any atom is -0.369 e. The molecular formula is C16H20IN3S. The van der Waals surface area contributed by atoms with E-state index in [0.717, 1.165) is 24.6 Å². The Morgan fingerprint density at radius 2 is 2.10 bits per heavy atom. The van der Waals surface area contributed by atoms with Crippen LogP contribution in [-0.2, 0) is 0 Å². The monoisotopic (exact) mass is 413 g/mol. The quantitative estimate of drug-likeness (QED) is 0.691. The minimum absolute atomic E-state index is 0.640. The molecule has 0 spiro atoms. The largest absolute Gasteiger partial charge is 0.369 e. The average molecular weight is 413 g/mol. The maximum atomic E-state index is 4.90. The molecule has 1 fully saturated rings. The van der Waals surface area contributed by atoms with Crippen molar-refractivity contribution in [2.24, 2.45) is 0 Å². The van der Waals surface area contributed by atoms with Crippen molar-refractivity contribution in [1.82, 2.24) is 9.97 Å². The van der Waals surface area contributed by atoms with Crippen molar-refractivity contribution in [3.8, 4) is 11.4 Å². The van der Waals surface area contributed by atoms with Gasteiger partial charge in [0.2, 0.25) is 0 Å². The Hall–Kier alpha value is -0.690. The van der Waals surface area contributed by atoms with Gasteiger partial charge >= 0.3 is 0 Å². The molecule has 0 unspecified atom stereocenters. The highest BCUT2D eigenvalue weighted by atomic mass is 127. The second kappa shape index (κ2) is 6.20. The Labute approximate surface area is 143 Å². The number of hydrogen-bond acceptors (Lipinski definition) is 4. The van der Waals surface area contributed by atoms with Crippen molar-refractivity contribution in [2.45, 2.75) is 46.0 Å². The molecule has 3 rings (SSSR count). The van der Waals surface area contributed by atoms with Crippen molar-refractivity contribution in [3.05, 3.63) is 25.1 Å². The fraction of sp³-hybridized carbons (Fsp3) is 0.500. The zero-order valence-corrected chi connectivity index (χ0v) is 15.6. The van der Waals surface area contributed by atoms with Crippen molar-refractivity contribution in [1.29, 1.82) is 0 Å². The first-order valence-electron chi connectivity index (χ1n) is 7.48. The van der Waals surface area contributed by atoms with Gasteiger partial charge in [-0.2, -0.15) is 0 Å². The highest BCUT2D eigenvalue weighted by molar-refractivity contribution is 14.1. The number of anilines is 1. The number of rotatable bonds is 5. The number of thiophene rings is 1. The molecule has 1 aliphatic rings. The van der Waals surface area contributed by atoms with Gasteiger partial charge in [0.15, 0.2) is 5.82 Å². The molecule has 2 heterocycles. The van der Waals surface area contributed by atoms with Crippen LogP contribution in [0.15, 0.2) is 6.07 Å². The molecule has 21 heavy (non-hydrogen) atoms. The molecule has 3 nitrogen and oxygen atoms in total. The maximum absolute atomic E-state index is 4.90. The van der Waals surface area contributed by atoms with Crippen LogP contribution in [0.1, 0.15) is 47.6 Å².